The lowest BCUT2D eigenvalue weighted by atomic mass is 10.1. The van der Waals surface area contributed by atoms with Crippen LogP contribution in [0.15, 0.2) is 39.8 Å². The molecule has 0 atom stereocenters. The number of ether oxygens (including phenoxy) is 2. The maximum atomic E-state index is 11.8. The van der Waals surface area contributed by atoms with E-state index < -0.39 is 11.2 Å². The van der Waals surface area contributed by atoms with Gasteiger partial charge in [0.15, 0.2) is 0 Å². The van der Waals surface area contributed by atoms with E-state index in [-0.39, 0.29) is 12.2 Å². The highest BCUT2D eigenvalue weighted by Gasteiger charge is 2.26. The molecule has 0 aromatic carbocycles. The Morgan fingerprint density at radius 2 is 1.77 bits per heavy atom. The van der Waals surface area contributed by atoms with Gasteiger partial charge in [0.05, 0.1) is 25.3 Å². The standard InChI is InChI=1S/C12H17NO3.C11H17NO3/c1-12(2,3)16-11(14)13-6-4-9-5-7-15-10(9)8-13;1-11(2,3)15-10(13)12-6-4-9-5-7-14-8-9/h5,7H,4,6,8H2,1-3H3;5,7-8H,4,6H2,1-3H3,(H,12,13). The molecule has 0 bridgehead atoms. The molecule has 2 aromatic heterocycles. The number of carbonyl (C=O) groups is 2. The summed E-state index contributed by atoms with van der Waals surface area (Å²) in [5.74, 6) is 0.872. The molecule has 2 amide bonds. The molecule has 8 heteroatoms. The first-order valence-electron chi connectivity index (χ1n) is 10.4. The van der Waals surface area contributed by atoms with E-state index in [0.29, 0.717) is 19.6 Å². The molecule has 172 valence electrons. The number of nitrogens with one attached hydrogen (secondary N) is 1. The first kappa shape index (κ1) is 24.4. The number of amides is 2. The third-order valence-corrected chi connectivity index (χ3v) is 4.14. The summed E-state index contributed by atoms with van der Waals surface area (Å²) in [7, 11) is 0. The van der Waals surface area contributed by atoms with Gasteiger partial charge in [0.2, 0.25) is 0 Å². The topological polar surface area (TPSA) is 94.1 Å². The van der Waals surface area contributed by atoms with Crippen LogP contribution in [-0.4, -0.2) is 41.4 Å². The van der Waals surface area contributed by atoms with Crippen LogP contribution in [0.25, 0.3) is 0 Å². The minimum atomic E-state index is -0.445. The van der Waals surface area contributed by atoms with Crippen LogP contribution in [0.4, 0.5) is 9.59 Å². The second-order valence-electron chi connectivity index (χ2n) is 9.33. The lowest BCUT2D eigenvalue weighted by Crippen LogP contribution is -2.39. The van der Waals surface area contributed by atoms with Gasteiger partial charge in [0, 0.05) is 13.1 Å². The molecule has 31 heavy (non-hydrogen) atoms. The number of hydrogen-bond donors (Lipinski definition) is 1. The van der Waals surface area contributed by atoms with Gasteiger partial charge in [-0.1, -0.05) is 0 Å². The molecular formula is C23H34N2O6. The van der Waals surface area contributed by atoms with Gasteiger partial charge in [-0.3, -0.25) is 0 Å². The zero-order valence-corrected chi connectivity index (χ0v) is 19.3. The number of fused-ring (bicyclic) bond motifs is 1. The molecule has 3 heterocycles. The van der Waals surface area contributed by atoms with Gasteiger partial charge in [0.1, 0.15) is 17.0 Å². The molecule has 2 aromatic rings. The third kappa shape index (κ3) is 9.19. The number of alkyl carbamates (subject to hydrolysis) is 1. The molecule has 0 fully saturated rings. The summed E-state index contributed by atoms with van der Waals surface area (Å²) >= 11 is 0. The van der Waals surface area contributed by atoms with Crippen molar-refractivity contribution in [1.82, 2.24) is 10.2 Å². The van der Waals surface area contributed by atoms with Crippen LogP contribution >= 0.6 is 0 Å². The van der Waals surface area contributed by atoms with Gasteiger partial charge < -0.3 is 28.5 Å². The summed E-state index contributed by atoms with van der Waals surface area (Å²) in [4.78, 5) is 24.7. The van der Waals surface area contributed by atoms with Crippen molar-refractivity contribution in [3.05, 3.63) is 47.8 Å². The fraction of sp³-hybridized carbons (Fsp3) is 0.565. The van der Waals surface area contributed by atoms with E-state index in [1.54, 1.807) is 23.7 Å². The van der Waals surface area contributed by atoms with Crippen molar-refractivity contribution in [2.45, 2.75) is 72.1 Å². The van der Waals surface area contributed by atoms with Crippen molar-refractivity contribution in [2.24, 2.45) is 0 Å². The summed E-state index contributed by atoms with van der Waals surface area (Å²) in [5, 5.41) is 2.67. The smallest absolute Gasteiger partial charge is 0.410 e. The highest BCUT2D eigenvalue weighted by molar-refractivity contribution is 5.68. The van der Waals surface area contributed by atoms with Gasteiger partial charge in [0.25, 0.3) is 0 Å². The molecule has 0 radical (unpaired) electrons. The molecule has 0 saturated heterocycles. The van der Waals surface area contributed by atoms with E-state index in [9.17, 15) is 9.59 Å². The number of rotatable bonds is 3. The maximum Gasteiger partial charge on any atom is 0.410 e. The van der Waals surface area contributed by atoms with Gasteiger partial charge in [-0.2, -0.15) is 0 Å². The van der Waals surface area contributed by atoms with Crippen LogP contribution in [0.3, 0.4) is 0 Å². The second kappa shape index (κ2) is 10.4. The van der Waals surface area contributed by atoms with Crippen molar-refractivity contribution >= 4 is 12.2 Å². The van der Waals surface area contributed by atoms with Crippen molar-refractivity contribution in [1.29, 1.82) is 0 Å². The lowest BCUT2D eigenvalue weighted by molar-refractivity contribution is 0.0208. The van der Waals surface area contributed by atoms with E-state index in [1.165, 1.54) is 5.56 Å². The Morgan fingerprint density at radius 1 is 1.06 bits per heavy atom. The zero-order valence-electron chi connectivity index (χ0n) is 19.3. The molecule has 1 aliphatic heterocycles. The predicted molar refractivity (Wildman–Crippen MR) is 116 cm³/mol. The van der Waals surface area contributed by atoms with Crippen LogP contribution in [0, 0.1) is 0 Å². The third-order valence-electron chi connectivity index (χ3n) is 4.14. The van der Waals surface area contributed by atoms with Gasteiger partial charge in [-0.25, -0.2) is 9.59 Å². The van der Waals surface area contributed by atoms with Crippen molar-refractivity contribution < 1.29 is 27.9 Å². The average Bonchev–Trinajstić information content (AvgIpc) is 3.30. The molecule has 0 unspecified atom stereocenters. The normalized spacial score (nSPS) is 13.5. The highest BCUT2D eigenvalue weighted by Crippen LogP contribution is 2.21. The Kier molecular flexibility index (Phi) is 8.19. The van der Waals surface area contributed by atoms with Crippen LogP contribution in [0.5, 0.6) is 0 Å². The van der Waals surface area contributed by atoms with Gasteiger partial charge in [-0.05, 0) is 77.6 Å². The van der Waals surface area contributed by atoms with Crippen molar-refractivity contribution in [3.63, 3.8) is 0 Å². The van der Waals surface area contributed by atoms with Gasteiger partial charge >= 0.3 is 12.2 Å². The van der Waals surface area contributed by atoms with E-state index >= 15 is 0 Å². The van der Waals surface area contributed by atoms with Crippen LogP contribution in [-0.2, 0) is 28.9 Å². The van der Waals surface area contributed by atoms with E-state index in [1.807, 2.05) is 53.7 Å². The number of furan rings is 2. The molecule has 1 aliphatic rings. The summed E-state index contributed by atoms with van der Waals surface area (Å²) < 4.78 is 20.6. The van der Waals surface area contributed by atoms with E-state index in [0.717, 1.165) is 24.2 Å². The fourth-order valence-electron chi connectivity index (χ4n) is 2.78. The van der Waals surface area contributed by atoms with Gasteiger partial charge in [-0.15, -0.1) is 0 Å². The Bertz CT molecular complexity index is 827. The molecule has 0 aliphatic carbocycles. The number of carbonyl (C=O) groups excluding carboxylic acids is 2. The molecular weight excluding hydrogens is 400 g/mol. The van der Waals surface area contributed by atoms with Crippen molar-refractivity contribution in [3.8, 4) is 0 Å². The Morgan fingerprint density at radius 3 is 2.39 bits per heavy atom. The summed E-state index contributed by atoms with van der Waals surface area (Å²) in [6.45, 7) is 12.9. The predicted octanol–water partition coefficient (Wildman–Crippen LogP) is 4.92. The highest BCUT2D eigenvalue weighted by atomic mass is 16.6. The van der Waals surface area contributed by atoms with Crippen LogP contribution in [0.1, 0.15) is 58.4 Å². The van der Waals surface area contributed by atoms with Crippen LogP contribution < -0.4 is 5.32 Å². The Labute approximate surface area is 183 Å². The zero-order chi connectivity index (χ0) is 23.1. The summed E-state index contributed by atoms with van der Waals surface area (Å²) in [6, 6.07) is 3.83. The number of nitrogens with zero attached hydrogens (tertiary/aromatic N) is 1. The van der Waals surface area contributed by atoms with E-state index in [2.05, 4.69) is 5.32 Å². The first-order valence-corrected chi connectivity index (χ1v) is 10.4. The largest absolute Gasteiger partial charge is 0.472 e. The Balaban J connectivity index is 0.000000221. The molecule has 8 nitrogen and oxygen atoms in total. The fourth-order valence-corrected chi connectivity index (χ4v) is 2.78. The van der Waals surface area contributed by atoms with Crippen molar-refractivity contribution in [2.75, 3.05) is 13.1 Å². The van der Waals surface area contributed by atoms with E-state index in [4.69, 9.17) is 18.3 Å². The molecule has 0 spiro atoms. The second-order valence-corrected chi connectivity index (χ2v) is 9.33. The summed E-state index contributed by atoms with van der Waals surface area (Å²) in [6.07, 6.45) is 5.88. The molecule has 1 N–H and O–H groups in total. The lowest BCUT2D eigenvalue weighted by Gasteiger charge is -2.29. The molecule has 0 saturated carbocycles. The quantitative estimate of drug-likeness (QED) is 0.737. The maximum absolute atomic E-state index is 11.8. The van der Waals surface area contributed by atoms with Crippen LogP contribution in [0.2, 0.25) is 0 Å². The summed E-state index contributed by atoms with van der Waals surface area (Å²) in [5.41, 5.74) is 1.37. The first-order chi connectivity index (χ1) is 14.4. The monoisotopic (exact) mass is 434 g/mol. The minimum absolute atomic E-state index is 0.269. The molecule has 3 rings (SSSR count). The average molecular weight is 435 g/mol. The SMILES string of the molecule is CC(C)(C)OC(=O)N1CCc2ccoc2C1.CC(C)(C)OC(=O)NCCc1ccoc1. The number of hydrogen-bond acceptors (Lipinski definition) is 6. The minimum Gasteiger partial charge on any atom is -0.472 e. The Hall–Kier alpha value is -2.90.